The van der Waals surface area contributed by atoms with Crippen LogP contribution in [0.1, 0.15) is 71.8 Å². The lowest BCUT2D eigenvalue weighted by Crippen LogP contribution is -2.62. The molecule has 8 atom stereocenters. The van der Waals surface area contributed by atoms with Crippen LogP contribution in [-0.4, -0.2) is 24.0 Å². The van der Waals surface area contributed by atoms with Gasteiger partial charge in [0, 0.05) is 24.2 Å². The van der Waals surface area contributed by atoms with Gasteiger partial charge in [0.25, 0.3) is 0 Å². The van der Waals surface area contributed by atoms with E-state index in [4.69, 9.17) is 9.47 Å². The first-order valence-corrected chi connectivity index (χ1v) is 12.8. The second-order valence-corrected chi connectivity index (χ2v) is 11.9. The molecular weight excluding hydrogens is 382 g/mol. The van der Waals surface area contributed by atoms with Crippen LogP contribution in [0.4, 0.5) is 0 Å². The molecule has 8 unspecified atom stereocenters. The van der Waals surface area contributed by atoms with Gasteiger partial charge < -0.3 is 9.47 Å². The van der Waals surface area contributed by atoms with Crippen LogP contribution >= 0.6 is 0 Å². The van der Waals surface area contributed by atoms with Crippen LogP contribution < -0.4 is 0 Å². The molecular formula is C28H39NO2. The minimum absolute atomic E-state index is 0.317. The lowest BCUT2D eigenvalue weighted by atomic mass is 9.42. The quantitative estimate of drug-likeness (QED) is 0.529. The first-order valence-electron chi connectivity index (χ1n) is 12.8. The topological polar surface area (TPSA) is 31.4 Å². The summed E-state index contributed by atoms with van der Waals surface area (Å²) in [6, 6.07) is 4.36. The molecule has 0 N–H and O–H groups in total. The smallest absolute Gasteiger partial charge is 0.173 e. The maximum atomic E-state index is 6.35. The highest BCUT2D eigenvalue weighted by Gasteiger charge is 2.65. The van der Waals surface area contributed by atoms with Crippen LogP contribution in [0.25, 0.3) is 5.57 Å². The lowest BCUT2D eigenvalue weighted by Gasteiger charge is -2.65. The third-order valence-corrected chi connectivity index (χ3v) is 10.9. The van der Waals surface area contributed by atoms with Crippen molar-refractivity contribution < 1.29 is 9.47 Å². The Labute approximate surface area is 188 Å². The third-order valence-electron chi connectivity index (χ3n) is 10.9. The van der Waals surface area contributed by atoms with E-state index in [1.165, 1.54) is 44.1 Å². The molecule has 31 heavy (non-hydrogen) atoms. The highest BCUT2D eigenvalue weighted by molar-refractivity contribution is 5.72. The van der Waals surface area contributed by atoms with Crippen molar-refractivity contribution in [3.05, 3.63) is 36.2 Å². The van der Waals surface area contributed by atoms with Gasteiger partial charge in [-0.1, -0.05) is 39.8 Å². The van der Waals surface area contributed by atoms with E-state index in [1.807, 2.05) is 6.20 Å². The second kappa shape index (κ2) is 6.90. The van der Waals surface area contributed by atoms with Gasteiger partial charge in [0.2, 0.25) is 0 Å². The van der Waals surface area contributed by atoms with Gasteiger partial charge in [-0.2, -0.15) is 0 Å². The summed E-state index contributed by atoms with van der Waals surface area (Å²) < 4.78 is 12.7. The van der Waals surface area contributed by atoms with Gasteiger partial charge in [-0.05, 0) is 90.2 Å². The summed E-state index contributed by atoms with van der Waals surface area (Å²) in [4.78, 5) is 4.43. The van der Waals surface area contributed by atoms with Gasteiger partial charge in [-0.25, -0.2) is 0 Å². The number of pyridine rings is 1. The lowest BCUT2D eigenvalue weighted by molar-refractivity contribution is -0.289. The van der Waals surface area contributed by atoms with E-state index in [0.29, 0.717) is 22.7 Å². The molecule has 0 bridgehead atoms. The van der Waals surface area contributed by atoms with E-state index < -0.39 is 0 Å². The molecule has 5 aliphatic rings. The molecule has 4 fully saturated rings. The Morgan fingerprint density at radius 3 is 2.55 bits per heavy atom. The Kier molecular flexibility index (Phi) is 4.55. The van der Waals surface area contributed by atoms with E-state index >= 15 is 0 Å². The van der Waals surface area contributed by atoms with E-state index in [-0.39, 0.29) is 5.79 Å². The van der Waals surface area contributed by atoms with Crippen molar-refractivity contribution >= 4 is 5.57 Å². The molecule has 1 aromatic rings. The van der Waals surface area contributed by atoms with Crippen molar-refractivity contribution in [2.45, 2.75) is 72.0 Å². The van der Waals surface area contributed by atoms with Gasteiger partial charge in [0.05, 0.1) is 13.2 Å². The van der Waals surface area contributed by atoms with E-state index in [1.54, 1.807) is 5.57 Å². The minimum Gasteiger partial charge on any atom is -0.347 e. The van der Waals surface area contributed by atoms with Crippen molar-refractivity contribution in [1.29, 1.82) is 0 Å². The summed E-state index contributed by atoms with van der Waals surface area (Å²) in [6.07, 6.45) is 14.5. The summed E-state index contributed by atoms with van der Waals surface area (Å²) in [7, 11) is 0. The molecule has 4 aliphatic carbocycles. The highest BCUT2D eigenvalue weighted by atomic mass is 16.7. The molecule has 1 spiro atoms. The highest BCUT2D eigenvalue weighted by Crippen LogP contribution is 2.70. The third kappa shape index (κ3) is 2.63. The van der Waals surface area contributed by atoms with Crippen LogP contribution in [0, 0.1) is 46.3 Å². The van der Waals surface area contributed by atoms with Crippen molar-refractivity contribution in [2.24, 2.45) is 46.3 Å². The normalized spacial score (nSPS) is 48.1. The van der Waals surface area contributed by atoms with Gasteiger partial charge in [0.1, 0.15) is 0 Å². The largest absolute Gasteiger partial charge is 0.347 e. The number of hydrogen-bond donors (Lipinski definition) is 0. The zero-order valence-corrected chi connectivity index (χ0v) is 19.8. The Hall–Kier alpha value is -1.19. The molecule has 0 aromatic carbocycles. The van der Waals surface area contributed by atoms with Crippen molar-refractivity contribution in [2.75, 3.05) is 13.2 Å². The molecule has 3 nitrogen and oxygen atoms in total. The number of ether oxygens (including phenoxy) is 2. The average Bonchev–Trinajstić information content (AvgIpc) is 3.38. The number of rotatable bonds is 1. The van der Waals surface area contributed by atoms with Crippen LogP contribution in [0.2, 0.25) is 0 Å². The summed E-state index contributed by atoms with van der Waals surface area (Å²) in [6.45, 7) is 11.6. The number of aromatic nitrogens is 1. The fourth-order valence-electron chi connectivity index (χ4n) is 9.67. The molecule has 2 heterocycles. The van der Waals surface area contributed by atoms with Crippen LogP contribution in [-0.2, 0) is 9.47 Å². The zero-order chi connectivity index (χ0) is 21.4. The van der Waals surface area contributed by atoms with Gasteiger partial charge in [-0.3, -0.25) is 4.98 Å². The van der Waals surface area contributed by atoms with Crippen LogP contribution in [0.3, 0.4) is 0 Å². The molecule has 3 saturated carbocycles. The average molecular weight is 422 g/mol. The monoisotopic (exact) mass is 421 g/mol. The number of nitrogens with zero attached hydrogens (tertiary/aromatic N) is 1. The number of fused-ring (bicyclic) bond motifs is 5. The van der Waals surface area contributed by atoms with Gasteiger partial charge >= 0.3 is 0 Å². The Balaban J connectivity index is 1.30. The van der Waals surface area contributed by atoms with Gasteiger partial charge in [-0.15, -0.1) is 0 Å². The van der Waals surface area contributed by atoms with Crippen molar-refractivity contribution in [3.63, 3.8) is 0 Å². The number of allylic oxidation sites excluding steroid dienone is 2. The fourth-order valence-corrected chi connectivity index (χ4v) is 9.67. The summed E-state index contributed by atoms with van der Waals surface area (Å²) in [5.74, 6) is 3.86. The summed E-state index contributed by atoms with van der Waals surface area (Å²) in [5.41, 5.74) is 3.66. The van der Waals surface area contributed by atoms with Crippen molar-refractivity contribution in [1.82, 2.24) is 4.98 Å². The SMILES string of the molecule is CC1CC2(C)C3CCC4(C)C(c5cccnc5)=CCC4C3CCC2C(C)C12OCCO2. The molecule has 1 aromatic heterocycles. The molecule has 168 valence electrons. The zero-order valence-electron chi connectivity index (χ0n) is 19.8. The Morgan fingerprint density at radius 1 is 1.00 bits per heavy atom. The predicted molar refractivity (Wildman–Crippen MR) is 123 cm³/mol. The molecule has 6 rings (SSSR count). The van der Waals surface area contributed by atoms with Crippen LogP contribution in [0.15, 0.2) is 30.6 Å². The van der Waals surface area contributed by atoms with E-state index in [9.17, 15) is 0 Å². The van der Waals surface area contributed by atoms with Gasteiger partial charge in [0.15, 0.2) is 5.79 Å². The van der Waals surface area contributed by atoms with E-state index in [2.05, 4.69) is 57.1 Å². The van der Waals surface area contributed by atoms with E-state index in [0.717, 1.165) is 36.9 Å². The Bertz CT molecular complexity index is 874. The molecule has 0 radical (unpaired) electrons. The second-order valence-electron chi connectivity index (χ2n) is 11.9. The molecule has 1 saturated heterocycles. The van der Waals surface area contributed by atoms with Crippen LogP contribution in [0.5, 0.6) is 0 Å². The summed E-state index contributed by atoms with van der Waals surface area (Å²) >= 11 is 0. The number of hydrogen-bond acceptors (Lipinski definition) is 3. The summed E-state index contributed by atoms with van der Waals surface area (Å²) in [5, 5.41) is 0. The standard InChI is InChI=1S/C28H39NO2/c1-18-16-27(4)22(19(2)28(18)30-14-15-31-28)8-7-21-24-10-9-23(20-6-5-13-29-17-20)26(24,3)12-11-25(21)27/h5-6,9,13,17-19,21-22,24-25H,7-8,10-12,14-16H2,1-4H3. The first-order chi connectivity index (χ1) is 14.9. The molecule has 3 heteroatoms. The Morgan fingerprint density at radius 2 is 1.81 bits per heavy atom. The molecule has 1 aliphatic heterocycles. The molecule has 0 amide bonds. The predicted octanol–water partition coefficient (Wildman–Crippen LogP) is 6.35. The van der Waals surface area contributed by atoms with Crippen molar-refractivity contribution in [3.8, 4) is 0 Å². The fraction of sp³-hybridized carbons (Fsp3) is 0.750. The maximum absolute atomic E-state index is 6.35. The minimum atomic E-state index is -0.317. The maximum Gasteiger partial charge on any atom is 0.173 e. The first kappa shape index (κ1) is 20.4.